The van der Waals surface area contributed by atoms with Gasteiger partial charge in [0, 0.05) is 12.1 Å². The third kappa shape index (κ3) is 4.06. The number of likely N-dealkylation sites (tertiary alicyclic amines) is 1. The number of ketones is 1. The van der Waals surface area contributed by atoms with Crippen molar-refractivity contribution < 1.29 is 19.1 Å². The van der Waals surface area contributed by atoms with Crippen molar-refractivity contribution in [2.24, 2.45) is 17.1 Å². The number of carbonyl (C=O) groups excluding carboxylic acids is 3. The molecular weight excluding hydrogens is 462 g/mol. The van der Waals surface area contributed by atoms with Crippen LogP contribution in [0.1, 0.15) is 60.8 Å². The first-order chi connectivity index (χ1) is 15.6. The van der Waals surface area contributed by atoms with E-state index in [4.69, 9.17) is 27.1 Å². The van der Waals surface area contributed by atoms with E-state index in [1.165, 1.54) is 11.3 Å². The standard InChI is InChI=1S/C24H28ClN3O4S/c1-24(2)7-5-12(6-8-24)18(22-27-15-4-3-13(21(26)30)9-17(15)33-22)23(31)28-10-14(25)20-19(28)16(29)11-32-20/h3-4,9,12,14,18-20H,5-8,10-11H2,1-2H3,(H2,26,30)/t14-,18+,19+,20+/m0/s1. The van der Waals surface area contributed by atoms with Gasteiger partial charge in [-0.3, -0.25) is 14.4 Å². The third-order valence-electron chi connectivity index (χ3n) is 7.48. The number of thiazole rings is 1. The fourth-order valence-corrected chi connectivity index (χ4v) is 7.05. The van der Waals surface area contributed by atoms with Gasteiger partial charge in [-0.1, -0.05) is 13.8 Å². The Morgan fingerprint density at radius 3 is 2.73 bits per heavy atom. The summed E-state index contributed by atoms with van der Waals surface area (Å²) in [5.74, 6) is -0.996. The van der Waals surface area contributed by atoms with Crippen LogP contribution in [0.5, 0.6) is 0 Å². The van der Waals surface area contributed by atoms with E-state index >= 15 is 0 Å². The van der Waals surface area contributed by atoms with E-state index in [2.05, 4.69) is 13.8 Å². The number of rotatable bonds is 4. The van der Waals surface area contributed by atoms with Gasteiger partial charge in [0.1, 0.15) is 23.8 Å². The van der Waals surface area contributed by atoms with E-state index in [1.807, 2.05) is 0 Å². The number of carbonyl (C=O) groups is 3. The monoisotopic (exact) mass is 489 g/mol. The van der Waals surface area contributed by atoms with Crippen molar-refractivity contribution in [3.05, 3.63) is 28.8 Å². The van der Waals surface area contributed by atoms with Gasteiger partial charge in [0.05, 0.1) is 21.5 Å². The quantitative estimate of drug-likeness (QED) is 0.662. The Kier molecular flexibility index (Phi) is 5.74. The van der Waals surface area contributed by atoms with Crippen molar-refractivity contribution in [3.8, 4) is 0 Å². The van der Waals surface area contributed by atoms with Gasteiger partial charge < -0.3 is 15.4 Å². The number of aromatic nitrogens is 1. The number of alkyl halides is 1. The molecule has 3 fully saturated rings. The van der Waals surface area contributed by atoms with Crippen molar-refractivity contribution >= 4 is 50.8 Å². The maximum absolute atomic E-state index is 14.0. The van der Waals surface area contributed by atoms with Gasteiger partial charge in [0.2, 0.25) is 11.8 Å². The van der Waals surface area contributed by atoms with Crippen LogP contribution in [0.25, 0.3) is 10.2 Å². The first kappa shape index (κ1) is 22.7. The lowest BCUT2D eigenvalue weighted by atomic mass is 9.69. The number of halogens is 1. The molecule has 2 N–H and O–H groups in total. The zero-order valence-electron chi connectivity index (χ0n) is 18.8. The molecule has 2 amide bonds. The maximum atomic E-state index is 14.0. The Balaban J connectivity index is 1.52. The highest BCUT2D eigenvalue weighted by Crippen LogP contribution is 2.46. The molecule has 2 saturated heterocycles. The molecule has 1 aromatic heterocycles. The average Bonchev–Trinajstić information content (AvgIpc) is 3.44. The van der Waals surface area contributed by atoms with Crippen LogP contribution in [0.3, 0.4) is 0 Å². The number of primary amides is 1. The van der Waals surface area contributed by atoms with E-state index in [-0.39, 0.29) is 29.6 Å². The Hall–Kier alpha value is -2.03. The molecule has 9 heteroatoms. The van der Waals surface area contributed by atoms with Crippen molar-refractivity contribution in [2.45, 2.75) is 63.0 Å². The van der Waals surface area contributed by atoms with Crippen LogP contribution < -0.4 is 5.73 Å². The number of hydrogen-bond acceptors (Lipinski definition) is 6. The zero-order valence-corrected chi connectivity index (χ0v) is 20.3. The SMILES string of the molecule is CC1(C)CCC([C@@H](C(=O)N2C[C@H](Cl)[C@H]3OCC(=O)[C@H]32)c2nc3ccc(C(N)=O)cc3s2)CC1. The van der Waals surface area contributed by atoms with Crippen molar-refractivity contribution in [3.63, 3.8) is 0 Å². The van der Waals surface area contributed by atoms with Crippen LogP contribution in [-0.2, 0) is 14.3 Å². The van der Waals surface area contributed by atoms with Crippen LogP contribution in [0.4, 0.5) is 0 Å². The highest BCUT2D eigenvalue weighted by Gasteiger charge is 2.53. The second kappa shape index (κ2) is 8.32. The fourth-order valence-electron chi connectivity index (χ4n) is 5.50. The van der Waals surface area contributed by atoms with Gasteiger partial charge >= 0.3 is 0 Å². The molecule has 1 aliphatic carbocycles. The van der Waals surface area contributed by atoms with Gasteiger partial charge in [0.25, 0.3) is 0 Å². The average molecular weight is 490 g/mol. The van der Waals surface area contributed by atoms with Crippen LogP contribution in [0, 0.1) is 11.3 Å². The molecule has 2 aliphatic heterocycles. The van der Waals surface area contributed by atoms with Crippen molar-refractivity contribution in [2.75, 3.05) is 13.2 Å². The fraction of sp³-hybridized carbons (Fsp3) is 0.583. The highest BCUT2D eigenvalue weighted by molar-refractivity contribution is 7.18. The van der Waals surface area contributed by atoms with Crippen LogP contribution in [0.15, 0.2) is 18.2 Å². The van der Waals surface area contributed by atoms with Gasteiger partial charge in [-0.15, -0.1) is 22.9 Å². The molecule has 4 atom stereocenters. The Bertz CT molecular complexity index is 1120. The second-order valence-electron chi connectivity index (χ2n) is 10.3. The molecule has 5 rings (SSSR count). The molecule has 176 valence electrons. The minimum absolute atomic E-state index is 0.00164. The molecule has 2 aromatic rings. The number of nitrogens with two attached hydrogens (primary N) is 1. The first-order valence-corrected chi connectivity index (χ1v) is 12.7. The van der Waals surface area contributed by atoms with E-state index in [0.717, 1.165) is 40.9 Å². The zero-order chi connectivity index (χ0) is 23.5. The number of benzene rings is 1. The van der Waals surface area contributed by atoms with E-state index in [1.54, 1.807) is 23.1 Å². The summed E-state index contributed by atoms with van der Waals surface area (Å²) in [6.07, 6.45) is 3.46. The predicted octanol–water partition coefficient (Wildman–Crippen LogP) is 3.48. The summed E-state index contributed by atoms with van der Waals surface area (Å²) < 4.78 is 6.42. The molecular formula is C24H28ClN3O4S. The lowest BCUT2D eigenvalue weighted by molar-refractivity contribution is -0.139. The number of Topliss-reactive ketones (excluding diaryl/α,β-unsaturated/α-hetero) is 1. The van der Waals surface area contributed by atoms with Gasteiger partial charge in [-0.05, 0) is 55.2 Å². The Morgan fingerprint density at radius 2 is 2.03 bits per heavy atom. The van der Waals surface area contributed by atoms with Crippen molar-refractivity contribution in [1.29, 1.82) is 0 Å². The number of nitrogens with zero attached hydrogens (tertiary/aromatic N) is 2. The van der Waals surface area contributed by atoms with E-state index < -0.39 is 29.3 Å². The molecule has 1 aromatic carbocycles. The van der Waals surface area contributed by atoms with Crippen LogP contribution >= 0.6 is 22.9 Å². The molecule has 7 nitrogen and oxygen atoms in total. The largest absolute Gasteiger partial charge is 0.366 e. The number of fused-ring (bicyclic) bond motifs is 2. The summed E-state index contributed by atoms with van der Waals surface area (Å²) in [4.78, 5) is 44.7. The Morgan fingerprint density at radius 1 is 1.30 bits per heavy atom. The molecule has 0 radical (unpaired) electrons. The molecule has 0 unspecified atom stereocenters. The minimum atomic E-state index is -0.613. The third-order valence-corrected chi connectivity index (χ3v) is 8.97. The predicted molar refractivity (Wildman–Crippen MR) is 127 cm³/mol. The summed E-state index contributed by atoms with van der Waals surface area (Å²) in [7, 11) is 0. The normalized spacial score (nSPS) is 28.3. The number of amides is 2. The van der Waals surface area contributed by atoms with E-state index in [0.29, 0.717) is 12.1 Å². The first-order valence-electron chi connectivity index (χ1n) is 11.4. The van der Waals surface area contributed by atoms with Crippen LogP contribution in [-0.4, -0.2) is 58.2 Å². The molecule has 3 aliphatic rings. The minimum Gasteiger partial charge on any atom is -0.366 e. The number of hydrogen-bond donors (Lipinski definition) is 1. The summed E-state index contributed by atoms with van der Waals surface area (Å²) in [5.41, 5.74) is 6.86. The Labute approximate surface area is 201 Å². The summed E-state index contributed by atoms with van der Waals surface area (Å²) in [5, 5.41) is 0.326. The van der Waals surface area contributed by atoms with Crippen molar-refractivity contribution in [1.82, 2.24) is 9.88 Å². The smallest absolute Gasteiger partial charge is 0.248 e. The summed E-state index contributed by atoms with van der Waals surface area (Å²) in [6.45, 7) is 4.83. The van der Waals surface area contributed by atoms with Gasteiger partial charge in [0.15, 0.2) is 5.78 Å². The molecule has 0 spiro atoms. The molecule has 0 bridgehead atoms. The summed E-state index contributed by atoms with van der Waals surface area (Å²) >= 11 is 7.90. The highest BCUT2D eigenvalue weighted by atomic mass is 35.5. The molecule has 1 saturated carbocycles. The van der Waals surface area contributed by atoms with Gasteiger partial charge in [-0.2, -0.15) is 0 Å². The number of ether oxygens (including phenoxy) is 1. The lowest BCUT2D eigenvalue weighted by Crippen LogP contribution is -2.46. The summed E-state index contributed by atoms with van der Waals surface area (Å²) in [6, 6.07) is 4.56. The van der Waals surface area contributed by atoms with Crippen LogP contribution in [0.2, 0.25) is 0 Å². The maximum Gasteiger partial charge on any atom is 0.248 e. The van der Waals surface area contributed by atoms with Gasteiger partial charge in [-0.25, -0.2) is 4.98 Å². The molecule has 33 heavy (non-hydrogen) atoms. The molecule has 3 heterocycles. The topological polar surface area (TPSA) is 103 Å². The second-order valence-corrected chi connectivity index (χ2v) is 11.9. The lowest BCUT2D eigenvalue weighted by Gasteiger charge is -2.38. The van der Waals surface area contributed by atoms with E-state index in [9.17, 15) is 14.4 Å².